The second kappa shape index (κ2) is 7.83. The lowest BCUT2D eigenvalue weighted by atomic mass is 10.1. The van der Waals surface area contributed by atoms with Crippen LogP contribution in [0.5, 0.6) is 5.75 Å². The average Bonchev–Trinajstić information content (AvgIpc) is 2.54. The van der Waals surface area contributed by atoms with Crippen LogP contribution in [0, 0.1) is 0 Å². The van der Waals surface area contributed by atoms with Gasteiger partial charge in [0.05, 0.1) is 13.4 Å². The van der Waals surface area contributed by atoms with Gasteiger partial charge in [-0.25, -0.2) is 8.42 Å². The van der Waals surface area contributed by atoms with Crippen LogP contribution >= 0.6 is 0 Å². The number of hydrogen-bond acceptors (Lipinski definition) is 4. The van der Waals surface area contributed by atoms with E-state index in [0.717, 1.165) is 17.6 Å². The first kappa shape index (κ1) is 17.8. The summed E-state index contributed by atoms with van der Waals surface area (Å²) in [5, 5.41) is 2.83. The Morgan fingerprint density at radius 2 is 1.67 bits per heavy atom. The molecule has 0 radical (unpaired) electrons. The first-order valence-corrected chi connectivity index (χ1v) is 9.25. The van der Waals surface area contributed by atoms with Gasteiger partial charge in [-0.2, -0.15) is 0 Å². The molecule has 0 bridgehead atoms. The first-order valence-electron chi connectivity index (χ1n) is 7.36. The molecule has 0 heterocycles. The molecule has 0 unspecified atom stereocenters. The molecular formula is C17H20N2O4S. The van der Waals surface area contributed by atoms with Crippen molar-refractivity contribution in [3.8, 4) is 5.75 Å². The molecule has 0 fully saturated rings. The highest BCUT2D eigenvalue weighted by molar-refractivity contribution is 7.92. The predicted octanol–water partition coefficient (Wildman–Crippen LogP) is 2.04. The van der Waals surface area contributed by atoms with Crippen LogP contribution in [0.3, 0.4) is 0 Å². The third kappa shape index (κ3) is 5.58. The van der Waals surface area contributed by atoms with Crippen LogP contribution in [0.25, 0.3) is 0 Å². The van der Waals surface area contributed by atoms with Crippen LogP contribution in [0.2, 0.25) is 0 Å². The maximum Gasteiger partial charge on any atom is 0.251 e. The van der Waals surface area contributed by atoms with E-state index >= 15 is 0 Å². The minimum atomic E-state index is -3.32. The number of hydrogen-bond donors (Lipinski definition) is 2. The van der Waals surface area contributed by atoms with E-state index < -0.39 is 10.0 Å². The van der Waals surface area contributed by atoms with Crippen molar-refractivity contribution >= 4 is 21.6 Å². The zero-order valence-corrected chi connectivity index (χ0v) is 14.4. The third-order valence-corrected chi connectivity index (χ3v) is 3.92. The number of sulfonamides is 1. The van der Waals surface area contributed by atoms with E-state index in [9.17, 15) is 13.2 Å². The zero-order valence-electron chi connectivity index (χ0n) is 13.6. The first-order chi connectivity index (χ1) is 11.4. The minimum absolute atomic E-state index is 0.200. The molecule has 0 saturated heterocycles. The number of methoxy groups -OCH3 is 1. The molecular weight excluding hydrogens is 328 g/mol. The SMILES string of the molecule is COc1ccc(CCNC(=O)c2ccc(NS(C)(=O)=O)cc2)cc1. The third-order valence-electron chi connectivity index (χ3n) is 3.31. The fourth-order valence-corrected chi connectivity index (χ4v) is 2.68. The minimum Gasteiger partial charge on any atom is -0.497 e. The fourth-order valence-electron chi connectivity index (χ4n) is 2.12. The van der Waals surface area contributed by atoms with E-state index in [-0.39, 0.29) is 5.91 Å². The topological polar surface area (TPSA) is 84.5 Å². The van der Waals surface area contributed by atoms with Crippen LogP contribution in [0.4, 0.5) is 5.69 Å². The predicted molar refractivity (Wildman–Crippen MR) is 93.9 cm³/mol. The Balaban J connectivity index is 1.85. The number of nitrogens with one attached hydrogen (secondary N) is 2. The van der Waals surface area contributed by atoms with Crippen LogP contribution < -0.4 is 14.8 Å². The molecule has 7 heteroatoms. The summed E-state index contributed by atoms with van der Waals surface area (Å²) in [5.41, 5.74) is 2.00. The van der Waals surface area contributed by atoms with E-state index in [0.29, 0.717) is 24.2 Å². The Bertz CT molecular complexity index is 784. The van der Waals surface area contributed by atoms with Gasteiger partial charge in [-0.1, -0.05) is 12.1 Å². The van der Waals surface area contributed by atoms with Crippen molar-refractivity contribution in [3.05, 3.63) is 59.7 Å². The van der Waals surface area contributed by atoms with Gasteiger partial charge in [-0.15, -0.1) is 0 Å². The van der Waals surface area contributed by atoms with Gasteiger partial charge in [0.15, 0.2) is 0 Å². The van der Waals surface area contributed by atoms with Gasteiger partial charge in [-0.3, -0.25) is 9.52 Å². The Labute approximate surface area is 141 Å². The van der Waals surface area contributed by atoms with Gasteiger partial charge in [0.2, 0.25) is 10.0 Å². The van der Waals surface area contributed by atoms with E-state index in [4.69, 9.17) is 4.74 Å². The zero-order chi connectivity index (χ0) is 17.6. The van der Waals surface area contributed by atoms with Gasteiger partial charge in [0.25, 0.3) is 5.91 Å². The van der Waals surface area contributed by atoms with Gasteiger partial charge in [0.1, 0.15) is 5.75 Å². The number of benzene rings is 2. The molecule has 0 saturated carbocycles. The molecule has 0 aliphatic heterocycles. The molecule has 128 valence electrons. The van der Waals surface area contributed by atoms with Gasteiger partial charge >= 0.3 is 0 Å². The number of rotatable bonds is 7. The number of carbonyl (C=O) groups excluding carboxylic acids is 1. The van der Waals surface area contributed by atoms with Gasteiger partial charge < -0.3 is 10.1 Å². The molecule has 2 aromatic carbocycles. The highest BCUT2D eigenvalue weighted by Crippen LogP contribution is 2.12. The van der Waals surface area contributed by atoms with Crippen molar-refractivity contribution in [2.75, 3.05) is 24.6 Å². The molecule has 1 amide bonds. The second-order valence-electron chi connectivity index (χ2n) is 5.31. The lowest BCUT2D eigenvalue weighted by Crippen LogP contribution is -2.25. The number of carbonyl (C=O) groups is 1. The summed E-state index contributed by atoms with van der Waals surface area (Å²) < 4.78 is 29.7. The summed E-state index contributed by atoms with van der Waals surface area (Å²) in [6.07, 6.45) is 1.79. The van der Waals surface area contributed by atoms with Crippen molar-refractivity contribution in [1.82, 2.24) is 5.32 Å². The second-order valence-corrected chi connectivity index (χ2v) is 7.05. The average molecular weight is 348 g/mol. The summed E-state index contributed by atoms with van der Waals surface area (Å²) in [5.74, 6) is 0.597. The Morgan fingerprint density at radius 3 is 2.21 bits per heavy atom. The Morgan fingerprint density at radius 1 is 1.04 bits per heavy atom. The molecule has 0 aliphatic carbocycles. The quantitative estimate of drug-likeness (QED) is 0.802. The molecule has 0 spiro atoms. The summed E-state index contributed by atoms with van der Waals surface area (Å²) in [7, 11) is -1.70. The molecule has 24 heavy (non-hydrogen) atoms. The van der Waals surface area contributed by atoms with E-state index in [1.807, 2.05) is 24.3 Å². The molecule has 2 aromatic rings. The molecule has 0 atom stereocenters. The fraction of sp³-hybridized carbons (Fsp3) is 0.235. The van der Waals surface area contributed by atoms with Gasteiger partial charge in [-0.05, 0) is 48.4 Å². The van der Waals surface area contributed by atoms with Crippen molar-refractivity contribution in [1.29, 1.82) is 0 Å². The standard InChI is InChI=1S/C17H20N2O4S/c1-23-16-9-3-13(4-10-16)11-12-18-17(20)14-5-7-15(8-6-14)19-24(2,21)22/h3-10,19H,11-12H2,1-2H3,(H,18,20). The van der Waals surface area contributed by atoms with Crippen molar-refractivity contribution in [2.45, 2.75) is 6.42 Å². The van der Waals surface area contributed by atoms with Crippen LogP contribution in [-0.2, 0) is 16.4 Å². The Hall–Kier alpha value is -2.54. The number of amides is 1. The van der Waals surface area contributed by atoms with E-state index in [1.54, 1.807) is 31.4 Å². The van der Waals surface area contributed by atoms with Gasteiger partial charge in [0, 0.05) is 17.8 Å². The number of anilines is 1. The summed E-state index contributed by atoms with van der Waals surface area (Å²) in [4.78, 5) is 12.1. The van der Waals surface area contributed by atoms with E-state index in [1.165, 1.54) is 0 Å². The molecule has 0 aliphatic rings. The summed E-state index contributed by atoms with van der Waals surface area (Å²) in [6, 6.07) is 13.9. The Kier molecular flexibility index (Phi) is 5.81. The normalized spacial score (nSPS) is 10.9. The highest BCUT2D eigenvalue weighted by atomic mass is 32.2. The van der Waals surface area contributed by atoms with Crippen LogP contribution in [0.1, 0.15) is 15.9 Å². The maximum absolute atomic E-state index is 12.1. The lowest BCUT2D eigenvalue weighted by Gasteiger charge is -2.08. The smallest absolute Gasteiger partial charge is 0.251 e. The molecule has 2 rings (SSSR count). The highest BCUT2D eigenvalue weighted by Gasteiger charge is 2.06. The summed E-state index contributed by atoms with van der Waals surface area (Å²) in [6.45, 7) is 0.508. The monoisotopic (exact) mass is 348 g/mol. The summed E-state index contributed by atoms with van der Waals surface area (Å²) >= 11 is 0. The van der Waals surface area contributed by atoms with Crippen molar-refractivity contribution < 1.29 is 17.9 Å². The number of ether oxygens (including phenoxy) is 1. The molecule has 6 nitrogen and oxygen atoms in total. The van der Waals surface area contributed by atoms with Crippen molar-refractivity contribution in [3.63, 3.8) is 0 Å². The van der Waals surface area contributed by atoms with Crippen molar-refractivity contribution in [2.24, 2.45) is 0 Å². The maximum atomic E-state index is 12.1. The van der Waals surface area contributed by atoms with E-state index in [2.05, 4.69) is 10.0 Å². The van der Waals surface area contributed by atoms with Crippen LogP contribution in [0.15, 0.2) is 48.5 Å². The lowest BCUT2D eigenvalue weighted by molar-refractivity contribution is 0.0954. The molecule has 0 aromatic heterocycles. The van der Waals surface area contributed by atoms with Crippen LogP contribution in [-0.4, -0.2) is 34.2 Å². The largest absolute Gasteiger partial charge is 0.497 e. The molecule has 2 N–H and O–H groups in total.